The Hall–Kier alpha value is -1.77. The van der Waals surface area contributed by atoms with Gasteiger partial charge in [-0.2, -0.15) is 13.2 Å². The van der Waals surface area contributed by atoms with Crippen LogP contribution in [0.3, 0.4) is 0 Å². The van der Waals surface area contributed by atoms with E-state index in [2.05, 4.69) is 5.32 Å². The van der Waals surface area contributed by atoms with Gasteiger partial charge in [0.15, 0.2) is 9.84 Å². The second kappa shape index (κ2) is 7.00. The molecule has 0 atom stereocenters. The van der Waals surface area contributed by atoms with Crippen LogP contribution < -0.4 is 5.32 Å². The summed E-state index contributed by atoms with van der Waals surface area (Å²) in [6.07, 6.45) is -4.37. The van der Waals surface area contributed by atoms with Crippen molar-refractivity contribution in [3.8, 4) is 0 Å². The standard InChI is InChI=1S/C15H18F3NO4S/c1-19-14(20)23-11-5-7-12(8-6-11)24(21,22)13-4-2-3-10(9-13)15(16,17)18/h2-4,9,11-12H,5-8H2,1H3,(H,19,20). The zero-order valence-corrected chi connectivity index (χ0v) is 13.8. The van der Waals surface area contributed by atoms with Crippen molar-refractivity contribution in [3.05, 3.63) is 29.8 Å². The lowest BCUT2D eigenvalue weighted by Crippen LogP contribution is -2.33. The van der Waals surface area contributed by atoms with E-state index >= 15 is 0 Å². The van der Waals surface area contributed by atoms with Gasteiger partial charge in [-0.15, -0.1) is 0 Å². The van der Waals surface area contributed by atoms with Crippen LogP contribution in [0.15, 0.2) is 29.2 Å². The van der Waals surface area contributed by atoms with Gasteiger partial charge in [-0.1, -0.05) is 6.07 Å². The summed E-state index contributed by atoms with van der Waals surface area (Å²) in [7, 11) is -2.44. The van der Waals surface area contributed by atoms with Crippen LogP contribution in [0.2, 0.25) is 0 Å². The van der Waals surface area contributed by atoms with Crippen molar-refractivity contribution < 1.29 is 31.1 Å². The van der Waals surface area contributed by atoms with Crippen LogP contribution in [0.5, 0.6) is 0 Å². The second-order valence-electron chi connectivity index (χ2n) is 5.62. The third-order valence-corrected chi connectivity index (χ3v) is 6.29. The average molecular weight is 365 g/mol. The van der Waals surface area contributed by atoms with Crippen molar-refractivity contribution in [1.29, 1.82) is 0 Å². The van der Waals surface area contributed by atoms with Crippen LogP contribution >= 0.6 is 0 Å². The fourth-order valence-electron chi connectivity index (χ4n) is 2.71. The van der Waals surface area contributed by atoms with Gasteiger partial charge in [0.05, 0.1) is 15.7 Å². The Morgan fingerprint density at radius 3 is 2.38 bits per heavy atom. The Balaban J connectivity index is 2.11. The molecule has 1 saturated carbocycles. The van der Waals surface area contributed by atoms with Crippen molar-refractivity contribution in [2.75, 3.05) is 7.05 Å². The largest absolute Gasteiger partial charge is 0.446 e. The first kappa shape index (κ1) is 18.6. The first-order valence-corrected chi connectivity index (χ1v) is 8.98. The SMILES string of the molecule is CNC(=O)OC1CCC(S(=O)(=O)c2cccc(C(F)(F)F)c2)CC1. The van der Waals surface area contributed by atoms with Gasteiger partial charge < -0.3 is 10.1 Å². The Labute approximate surface area is 138 Å². The monoisotopic (exact) mass is 365 g/mol. The lowest BCUT2D eigenvalue weighted by atomic mass is 9.97. The predicted molar refractivity (Wildman–Crippen MR) is 80.2 cm³/mol. The van der Waals surface area contributed by atoms with Gasteiger partial charge in [0, 0.05) is 7.05 Å². The van der Waals surface area contributed by atoms with Crippen molar-refractivity contribution in [1.82, 2.24) is 5.32 Å². The van der Waals surface area contributed by atoms with Crippen molar-refractivity contribution in [3.63, 3.8) is 0 Å². The van der Waals surface area contributed by atoms with Gasteiger partial charge >= 0.3 is 12.3 Å². The van der Waals surface area contributed by atoms with E-state index in [1.165, 1.54) is 13.1 Å². The molecular formula is C15H18F3NO4S. The van der Waals surface area contributed by atoms with Gasteiger partial charge in [-0.25, -0.2) is 13.2 Å². The highest BCUT2D eigenvalue weighted by Crippen LogP contribution is 2.34. The highest BCUT2D eigenvalue weighted by atomic mass is 32.2. The van der Waals surface area contributed by atoms with Crippen LogP contribution in [0.25, 0.3) is 0 Å². The molecule has 1 aliphatic rings. The minimum absolute atomic E-state index is 0.236. The Bertz CT molecular complexity index is 695. The Morgan fingerprint density at radius 2 is 1.83 bits per heavy atom. The maximum atomic E-state index is 12.8. The second-order valence-corrected chi connectivity index (χ2v) is 7.85. The summed E-state index contributed by atoms with van der Waals surface area (Å²) in [6, 6.07) is 3.78. The van der Waals surface area contributed by atoms with E-state index in [0.717, 1.165) is 12.1 Å². The molecule has 1 aliphatic carbocycles. The minimum Gasteiger partial charge on any atom is -0.446 e. The summed E-state index contributed by atoms with van der Waals surface area (Å²) < 4.78 is 68.5. The molecule has 0 spiro atoms. The topological polar surface area (TPSA) is 72.5 Å². The number of hydrogen-bond acceptors (Lipinski definition) is 4. The molecule has 1 N–H and O–H groups in total. The smallest absolute Gasteiger partial charge is 0.416 e. The number of ether oxygens (including phenoxy) is 1. The molecule has 0 aliphatic heterocycles. The van der Waals surface area contributed by atoms with Gasteiger partial charge in [0.1, 0.15) is 6.10 Å². The molecule has 2 rings (SSSR count). The number of hydrogen-bond donors (Lipinski definition) is 1. The fourth-order valence-corrected chi connectivity index (χ4v) is 4.55. The van der Waals surface area contributed by atoms with E-state index in [9.17, 15) is 26.4 Å². The van der Waals surface area contributed by atoms with Crippen LogP contribution in [0.1, 0.15) is 31.2 Å². The number of halogens is 3. The summed E-state index contributed by atoms with van der Waals surface area (Å²) in [5, 5.41) is 1.54. The average Bonchev–Trinajstić information content (AvgIpc) is 2.54. The number of rotatable bonds is 3. The molecule has 134 valence electrons. The van der Waals surface area contributed by atoms with E-state index in [0.29, 0.717) is 18.9 Å². The molecule has 1 aromatic rings. The van der Waals surface area contributed by atoms with Crippen LogP contribution in [-0.2, 0) is 20.8 Å². The number of benzene rings is 1. The van der Waals surface area contributed by atoms with Crippen molar-refractivity contribution in [2.24, 2.45) is 0 Å². The molecule has 0 aromatic heterocycles. The lowest BCUT2D eigenvalue weighted by molar-refractivity contribution is -0.137. The first-order valence-electron chi connectivity index (χ1n) is 7.44. The van der Waals surface area contributed by atoms with Crippen LogP contribution in [0, 0.1) is 0 Å². The fraction of sp³-hybridized carbons (Fsp3) is 0.533. The minimum atomic E-state index is -4.59. The van der Waals surface area contributed by atoms with E-state index in [4.69, 9.17) is 4.74 Å². The van der Waals surface area contributed by atoms with E-state index in [1.54, 1.807) is 0 Å². The maximum Gasteiger partial charge on any atom is 0.416 e. The van der Waals surface area contributed by atoms with Crippen molar-refractivity contribution >= 4 is 15.9 Å². The van der Waals surface area contributed by atoms with Gasteiger partial charge in [-0.05, 0) is 43.9 Å². The van der Waals surface area contributed by atoms with E-state index < -0.39 is 32.9 Å². The highest BCUT2D eigenvalue weighted by molar-refractivity contribution is 7.92. The molecule has 9 heteroatoms. The number of nitrogens with one attached hydrogen (secondary N) is 1. The summed E-state index contributed by atoms with van der Waals surface area (Å²) in [6.45, 7) is 0. The number of sulfone groups is 1. The van der Waals surface area contributed by atoms with Gasteiger partial charge in [0.25, 0.3) is 0 Å². The van der Waals surface area contributed by atoms with Crippen LogP contribution in [-0.4, -0.2) is 32.9 Å². The zero-order valence-electron chi connectivity index (χ0n) is 13.0. The van der Waals surface area contributed by atoms with Gasteiger partial charge in [-0.3, -0.25) is 0 Å². The molecule has 1 fully saturated rings. The van der Waals surface area contributed by atoms with E-state index in [-0.39, 0.29) is 23.8 Å². The molecule has 1 amide bonds. The van der Waals surface area contributed by atoms with E-state index in [1.807, 2.05) is 0 Å². The normalized spacial score (nSPS) is 22.0. The third-order valence-electron chi connectivity index (χ3n) is 4.03. The van der Waals surface area contributed by atoms with Crippen molar-refractivity contribution in [2.45, 2.75) is 48.1 Å². The Morgan fingerprint density at radius 1 is 1.21 bits per heavy atom. The molecule has 0 saturated heterocycles. The first-order chi connectivity index (χ1) is 11.1. The predicted octanol–water partition coefficient (Wildman–Crippen LogP) is 3.15. The van der Waals surface area contributed by atoms with Gasteiger partial charge in [0.2, 0.25) is 0 Å². The summed E-state index contributed by atoms with van der Waals surface area (Å²) in [5.41, 5.74) is -0.986. The number of carbonyl (C=O) groups excluding carboxylic acids is 1. The number of alkyl carbamates (subject to hydrolysis) is 1. The third kappa shape index (κ3) is 4.19. The summed E-state index contributed by atoms with van der Waals surface area (Å²) in [4.78, 5) is 10.8. The molecular weight excluding hydrogens is 347 g/mol. The summed E-state index contributed by atoms with van der Waals surface area (Å²) >= 11 is 0. The maximum absolute atomic E-state index is 12.8. The lowest BCUT2D eigenvalue weighted by Gasteiger charge is -2.28. The molecule has 1 aromatic carbocycles. The number of carbonyl (C=O) groups is 1. The molecule has 0 heterocycles. The van der Waals surface area contributed by atoms with Crippen LogP contribution in [0.4, 0.5) is 18.0 Å². The number of alkyl halides is 3. The molecule has 0 unspecified atom stereocenters. The summed E-state index contributed by atoms with van der Waals surface area (Å²) in [5.74, 6) is 0. The Kier molecular flexibility index (Phi) is 5.42. The quantitative estimate of drug-likeness (QED) is 0.893. The molecule has 24 heavy (non-hydrogen) atoms. The zero-order chi connectivity index (χ0) is 18.0. The number of amides is 1. The molecule has 5 nitrogen and oxygen atoms in total. The highest BCUT2D eigenvalue weighted by Gasteiger charge is 2.36. The molecule has 0 bridgehead atoms. The molecule has 0 radical (unpaired) electrons.